The molecule has 4 heteroatoms. The Bertz CT molecular complexity index is 405. The van der Waals surface area contributed by atoms with Gasteiger partial charge in [0.1, 0.15) is 17.4 Å². The second kappa shape index (κ2) is 4.95. The molecule has 0 saturated carbocycles. The maximum atomic E-state index is 13.3. The van der Waals surface area contributed by atoms with Gasteiger partial charge in [-0.2, -0.15) is 5.26 Å². The van der Waals surface area contributed by atoms with Gasteiger partial charge in [-0.3, -0.25) is 0 Å². The predicted molar refractivity (Wildman–Crippen MR) is 60.6 cm³/mol. The Morgan fingerprint density at radius 2 is 2.44 bits per heavy atom. The lowest BCUT2D eigenvalue weighted by Gasteiger charge is -2.13. The Balaban J connectivity index is 2.03. The molecule has 16 heavy (non-hydrogen) atoms. The molecule has 0 aliphatic carbocycles. The van der Waals surface area contributed by atoms with Crippen molar-refractivity contribution in [2.45, 2.75) is 18.9 Å². The van der Waals surface area contributed by atoms with Crippen molar-refractivity contribution in [2.24, 2.45) is 0 Å². The highest BCUT2D eigenvalue weighted by Gasteiger charge is 2.14. The molecule has 2 N–H and O–H groups in total. The quantitative estimate of drug-likeness (QED) is 0.815. The summed E-state index contributed by atoms with van der Waals surface area (Å²) in [5.41, 5.74) is 0.677. The Labute approximate surface area is 94.3 Å². The second-order valence-corrected chi connectivity index (χ2v) is 3.95. The Morgan fingerprint density at radius 1 is 1.56 bits per heavy atom. The van der Waals surface area contributed by atoms with E-state index in [2.05, 4.69) is 10.6 Å². The summed E-state index contributed by atoms with van der Waals surface area (Å²) in [6.07, 6.45) is 2.31. The summed E-state index contributed by atoms with van der Waals surface area (Å²) in [7, 11) is 0. The SMILES string of the molecule is N#Cc1c(F)cccc1NCC1CCCN1. The molecule has 1 heterocycles. The molecule has 1 unspecified atom stereocenters. The summed E-state index contributed by atoms with van der Waals surface area (Å²) in [5.74, 6) is -0.466. The number of benzene rings is 1. The van der Waals surface area contributed by atoms with Crippen LogP contribution in [-0.2, 0) is 0 Å². The van der Waals surface area contributed by atoms with Crippen LogP contribution in [0.15, 0.2) is 18.2 Å². The average Bonchev–Trinajstić information content (AvgIpc) is 2.79. The van der Waals surface area contributed by atoms with Gasteiger partial charge in [0, 0.05) is 12.6 Å². The molecule has 0 spiro atoms. The minimum atomic E-state index is -0.466. The third-order valence-corrected chi connectivity index (χ3v) is 2.83. The van der Waals surface area contributed by atoms with Crippen molar-refractivity contribution >= 4 is 5.69 Å². The molecule has 0 amide bonds. The molecule has 1 aliphatic heterocycles. The normalized spacial score (nSPS) is 19.4. The van der Waals surface area contributed by atoms with Gasteiger partial charge in [0.25, 0.3) is 0 Å². The van der Waals surface area contributed by atoms with Crippen molar-refractivity contribution in [3.8, 4) is 6.07 Å². The first-order valence-corrected chi connectivity index (χ1v) is 5.47. The van der Waals surface area contributed by atoms with Crippen LogP contribution in [0.4, 0.5) is 10.1 Å². The van der Waals surface area contributed by atoms with Crippen molar-refractivity contribution < 1.29 is 4.39 Å². The highest BCUT2D eigenvalue weighted by molar-refractivity contribution is 5.57. The molecule has 84 valence electrons. The topological polar surface area (TPSA) is 47.9 Å². The van der Waals surface area contributed by atoms with E-state index in [1.807, 2.05) is 6.07 Å². The van der Waals surface area contributed by atoms with E-state index in [4.69, 9.17) is 5.26 Å². The monoisotopic (exact) mass is 219 g/mol. The van der Waals surface area contributed by atoms with Crippen molar-refractivity contribution in [2.75, 3.05) is 18.4 Å². The first-order chi connectivity index (χ1) is 7.81. The minimum absolute atomic E-state index is 0.0977. The fraction of sp³-hybridized carbons (Fsp3) is 0.417. The van der Waals surface area contributed by atoms with Gasteiger partial charge in [-0.25, -0.2) is 4.39 Å². The second-order valence-electron chi connectivity index (χ2n) is 3.95. The number of rotatable bonds is 3. The van der Waals surface area contributed by atoms with E-state index >= 15 is 0 Å². The zero-order valence-corrected chi connectivity index (χ0v) is 8.96. The highest BCUT2D eigenvalue weighted by Crippen LogP contribution is 2.18. The lowest BCUT2D eigenvalue weighted by Crippen LogP contribution is -2.29. The van der Waals surface area contributed by atoms with Crippen LogP contribution in [-0.4, -0.2) is 19.1 Å². The third kappa shape index (κ3) is 2.31. The van der Waals surface area contributed by atoms with E-state index in [1.165, 1.54) is 12.5 Å². The van der Waals surface area contributed by atoms with Gasteiger partial charge < -0.3 is 10.6 Å². The molecule has 3 nitrogen and oxygen atoms in total. The molecule has 2 rings (SSSR count). The van der Waals surface area contributed by atoms with E-state index in [-0.39, 0.29) is 5.56 Å². The number of hydrogen-bond acceptors (Lipinski definition) is 3. The number of anilines is 1. The van der Waals surface area contributed by atoms with E-state index in [1.54, 1.807) is 12.1 Å². The van der Waals surface area contributed by atoms with Gasteiger partial charge in [0.15, 0.2) is 0 Å². The van der Waals surface area contributed by atoms with E-state index < -0.39 is 5.82 Å². The minimum Gasteiger partial charge on any atom is -0.382 e. The molecule has 1 aliphatic rings. The molecule has 1 fully saturated rings. The van der Waals surface area contributed by atoms with E-state index in [0.717, 1.165) is 19.5 Å². The molecule has 1 atom stereocenters. The lowest BCUT2D eigenvalue weighted by atomic mass is 10.1. The molecule has 1 aromatic rings. The van der Waals surface area contributed by atoms with E-state index in [9.17, 15) is 4.39 Å². The number of nitriles is 1. The first-order valence-electron chi connectivity index (χ1n) is 5.47. The Kier molecular flexibility index (Phi) is 3.37. The average molecular weight is 219 g/mol. The van der Waals surface area contributed by atoms with Crippen LogP contribution in [0.2, 0.25) is 0 Å². The largest absolute Gasteiger partial charge is 0.382 e. The fourth-order valence-corrected chi connectivity index (χ4v) is 1.95. The number of nitrogens with one attached hydrogen (secondary N) is 2. The summed E-state index contributed by atoms with van der Waals surface area (Å²) in [6.45, 7) is 1.78. The molecule has 0 radical (unpaired) electrons. The molecular formula is C12H14FN3. The molecule has 0 aromatic heterocycles. The highest BCUT2D eigenvalue weighted by atomic mass is 19.1. The van der Waals surface area contributed by atoms with Crippen LogP contribution in [0.5, 0.6) is 0 Å². The summed E-state index contributed by atoms with van der Waals surface area (Å²) < 4.78 is 13.3. The summed E-state index contributed by atoms with van der Waals surface area (Å²) in [4.78, 5) is 0. The maximum Gasteiger partial charge on any atom is 0.143 e. The van der Waals surface area contributed by atoms with Crippen molar-refractivity contribution in [3.63, 3.8) is 0 Å². The number of hydrogen-bond donors (Lipinski definition) is 2. The molecular weight excluding hydrogens is 205 g/mol. The van der Waals surface area contributed by atoms with Gasteiger partial charge >= 0.3 is 0 Å². The smallest absolute Gasteiger partial charge is 0.143 e. The summed E-state index contributed by atoms with van der Waals surface area (Å²) in [6, 6.07) is 6.95. The first kappa shape index (κ1) is 10.9. The fourth-order valence-electron chi connectivity index (χ4n) is 1.95. The van der Waals surface area contributed by atoms with Gasteiger partial charge in [-0.15, -0.1) is 0 Å². The van der Waals surface area contributed by atoms with Crippen LogP contribution in [0, 0.1) is 17.1 Å². The van der Waals surface area contributed by atoms with Crippen molar-refractivity contribution in [1.29, 1.82) is 5.26 Å². The summed E-state index contributed by atoms with van der Waals surface area (Å²) >= 11 is 0. The van der Waals surface area contributed by atoms with E-state index in [0.29, 0.717) is 11.7 Å². The standard InChI is InChI=1S/C12H14FN3/c13-11-4-1-5-12(10(11)7-14)16-8-9-3-2-6-15-9/h1,4-5,9,15-16H,2-3,6,8H2. The molecule has 1 aromatic carbocycles. The zero-order chi connectivity index (χ0) is 11.4. The number of nitrogens with zero attached hydrogens (tertiary/aromatic N) is 1. The van der Waals surface area contributed by atoms with Crippen LogP contribution < -0.4 is 10.6 Å². The summed E-state index contributed by atoms with van der Waals surface area (Å²) in [5, 5.41) is 15.3. The lowest BCUT2D eigenvalue weighted by molar-refractivity contribution is 0.620. The number of halogens is 1. The van der Waals surface area contributed by atoms with Crippen molar-refractivity contribution in [3.05, 3.63) is 29.6 Å². The van der Waals surface area contributed by atoms with Crippen molar-refractivity contribution in [1.82, 2.24) is 5.32 Å². The molecule has 1 saturated heterocycles. The van der Waals surface area contributed by atoms with Gasteiger partial charge in [0.05, 0.1) is 5.69 Å². The van der Waals surface area contributed by atoms with Crippen LogP contribution in [0.3, 0.4) is 0 Å². The zero-order valence-electron chi connectivity index (χ0n) is 8.96. The van der Waals surface area contributed by atoms with Crippen LogP contribution in [0.25, 0.3) is 0 Å². The predicted octanol–water partition coefficient (Wildman–Crippen LogP) is 1.86. The molecule has 0 bridgehead atoms. The van der Waals surface area contributed by atoms with Gasteiger partial charge in [0.2, 0.25) is 0 Å². The van der Waals surface area contributed by atoms with Crippen LogP contribution >= 0.6 is 0 Å². The third-order valence-electron chi connectivity index (χ3n) is 2.83. The van der Waals surface area contributed by atoms with Gasteiger partial charge in [-0.05, 0) is 31.5 Å². The Hall–Kier alpha value is -1.60. The van der Waals surface area contributed by atoms with Gasteiger partial charge in [-0.1, -0.05) is 6.07 Å². The van der Waals surface area contributed by atoms with Crippen LogP contribution in [0.1, 0.15) is 18.4 Å². The Morgan fingerprint density at radius 3 is 3.12 bits per heavy atom. The maximum absolute atomic E-state index is 13.3.